The zero-order chi connectivity index (χ0) is 8.10. The molecule has 0 amide bonds. The third-order valence-corrected chi connectivity index (χ3v) is 2.13. The number of nitrogens with one attached hydrogen (secondary N) is 1. The van der Waals surface area contributed by atoms with Gasteiger partial charge in [0.25, 0.3) is 0 Å². The largest absolute Gasteiger partial charge is 0.305 e. The monoisotopic (exact) mass is 169 g/mol. The lowest BCUT2D eigenvalue weighted by molar-refractivity contribution is -0.116. The van der Waals surface area contributed by atoms with Crippen LogP contribution in [0.15, 0.2) is 17.5 Å². The fourth-order valence-electron chi connectivity index (χ4n) is 0.775. The van der Waals surface area contributed by atoms with Crippen molar-refractivity contribution in [2.75, 3.05) is 6.54 Å². The predicted molar refractivity (Wildman–Crippen MR) is 46.7 cm³/mol. The molecule has 0 spiro atoms. The van der Waals surface area contributed by atoms with E-state index in [1.54, 1.807) is 18.3 Å². The van der Waals surface area contributed by atoms with Crippen molar-refractivity contribution in [1.82, 2.24) is 5.32 Å². The van der Waals surface area contributed by atoms with Gasteiger partial charge in [0.1, 0.15) is 5.78 Å². The Hall–Kier alpha value is -0.670. The number of Topliss-reactive ketones (excluding diaryl/α,β-unsaturated/α-hetero) is 1. The summed E-state index contributed by atoms with van der Waals surface area (Å²) in [6.45, 7) is 2.86. The molecule has 0 aromatic carbocycles. The van der Waals surface area contributed by atoms with E-state index in [4.69, 9.17) is 0 Å². The Morgan fingerprint density at radius 3 is 3.09 bits per heavy atom. The van der Waals surface area contributed by atoms with Crippen LogP contribution in [0.25, 0.3) is 0 Å². The Kier molecular flexibility index (Phi) is 3.26. The van der Waals surface area contributed by atoms with Gasteiger partial charge in [0, 0.05) is 11.4 Å². The second-order valence-electron chi connectivity index (χ2n) is 2.38. The normalized spacial score (nSPS) is 9.91. The Morgan fingerprint density at radius 2 is 2.55 bits per heavy atom. The summed E-state index contributed by atoms with van der Waals surface area (Å²) in [6.07, 6.45) is 0. The number of hydrogen-bond acceptors (Lipinski definition) is 3. The number of rotatable bonds is 4. The Bertz CT molecular complexity index is 218. The van der Waals surface area contributed by atoms with Gasteiger partial charge < -0.3 is 5.32 Å². The van der Waals surface area contributed by atoms with Gasteiger partial charge in [0.05, 0.1) is 6.54 Å². The molecule has 11 heavy (non-hydrogen) atoms. The van der Waals surface area contributed by atoms with Crippen LogP contribution in [-0.4, -0.2) is 12.3 Å². The summed E-state index contributed by atoms with van der Waals surface area (Å²) in [7, 11) is 0. The van der Waals surface area contributed by atoms with E-state index < -0.39 is 0 Å². The number of hydrogen-bond donors (Lipinski definition) is 1. The van der Waals surface area contributed by atoms with E-state index in [1.165, 1.54) is 4.88 Å². The van der Waals surface area contributed by atoms with Gasteiger partial charge in [-0.05, 0) is 18.4 Å². The highest BCUT2D eigenvalue weighted by atomic mass is 32.1. The quantitative estimate of drug-likeness (QED) is 0.738. The van der Waals surface area contributed by atoms with E-state index >= 15 is 0 Å². The summed E-state index contributed by atoms with van der Waals surface area (Å²) in [5, 5.41) is 5.08. The second-order valence-corrected chi connectivity index (χ2v) is 3.42. The molecule has 0 saturated heterocycles. The Morgan fingerprint density at radius 1 is 1.73 bits per heavy atom. The van der Waals surface area contributed by atoms with Crippen LogP contribution in [0.1, 0.15) is 11.8 Å². The molecule has 2 nitrogen and oxygen atoms in total. The van der Waals surface area contributed by atoms with Crippen LogP contribution in [-0.2, 0) is 11.3 Å². The van der Waals surface area contributed by atoms with Crippen LogP contribution in [0, 0.1) is 0 Å². The van der Waals surface area contributed by atoms with Gasteiger partial charge in [-0.2, -0.15) is 0 Å². The molecule has 1 aromatic rings. The summed E-state index contributed by atoms with van der Waals surface area (Å²) < 4.78 is 0. The third kappa shape index (κ3) is 3.30. The van der Waals surface area contributed by atoms with Crippen LogP contribution in [0.3, 0.4) is 0 Å². The lowest BCUT2D eigenvalue weighted by atomic mass is 10.4. The predicted octanol–water partition coefficient (Wildman–Crippen LogP) is 1.43. The van der Waals surface area contributed by atoms with Crippen LogP contribution in [0.4, 0.5) is 0 Å². The van der Waals surface area contributed by atoms with Gasteiger partial charge in [-0.25, -0.2) is 0 Å². The van der Waals surface area contributed by atoms with Gasteiger partial charge in [0.15, 0.2) is 0 Å². The fraction of sp³-hybridized carbons (Fsp3) is 0.375. The minimum atomic E-state index is 0.182. The number of carbonyl (C=O) groups is 1. The summed E-state index contributed by atoms with van der Waals surface area (Å²) >= 11 is 1.70. The zero-order valence-corrected chi connectivity index (χ0v) is 7.28. The highest BCUT2D eigenvalue weighted by molar-refractivity contribution is 7.09. The Labute approximate surface area is 70.2 Å². The minimum Gasteiger partial charge on any atom is -0.305 e. The van der Waals surface area contributed by atoms with Gasteiger partial charge in [-0.1, -0.05) is 6.07 Å². The molecular weight excluding hydrogens is 158 g/mol. The molecule has 0 bridgehead atoms. The van der Waals surface area contributed by atoms with Gasteiger partial charge in [0.2, 0.25) is 0 Å². The van der Waals surface area contributed by atoms with Crippen molar-refractivity contribution >= 4 is 17.1 Å². The topological polar surface area (TPSA) is 29.1 Å². The van der Waals surface area contributed by atoms with Crippen LogP contribution in [0.5, 0.6) is 0 Å². The molecule has 60 valence electrons. The van der Waals surface area contributed by atoms with Crippen molar-refractivity contribution in [3.05, 3.63) is 22.4 Å². The fourth-order valence-corrected chi connectivity index (χ4v) is 1.45. The second kappa shape index (κ2) is 4.26. The van der Waals surface area contributed by atoms with Gasteiger partial charge in [-0.3, -0.25) is 4.79 Å². The van der Waals surface area contributed by atoms with Gasteiger partial charge >= 0.3 is 0 Å². The minimum absolute atomic E-state index is 0.182. The van der Waals surface area contributed by atoms with E-state index in [1.807, 2.05) is 11.4 Å². The average molecular weight is 169 g/mol. The standard InChI is InChI=1S/C8H11NOS/c1-7(10)5-9-6-8-3-2-4-11-8/h2-4,9H,5-6H2,1H3. The molecule has 0 saturated carbocycles. The maximum absolute atomic E-state index is 10.5. The first-order valence-electron chi connectivity index (χ1n) is 3.51. The van der Waals surface area contributed by atoms with Crippen molar-refractivity contribution in [3.63, 3.8) is 0 Å². The molecule has 1 N–H and O–H groups in total. The van der Waals surface area contributed by atoms with Gasteiger partial charge in [-0.15, -0.1) is 11.3 Å². The molecule has 0 atom stereocenters. The first-order valence-corrected chi connectivity index (χ1v) is 4.39. The van der Waals surface area contributed by atoms with E-state index in [0.29, 0.717) is 6.54 Å². The average Bonchev–Trinajstić information content (AvgIpc) is 2.39. The van der Waals surface area contributed by atoms with Crippen molar-refractivity contribution < 1.29 is 4.79 Å². The van der Waals surface area contributed by atoms with Crippen molar-refractivity contribution in [3.8, 4) is 0 Å². The summed E-state index contributed by atoms with van der Waals surface area (Å²) in [5.74, 6) is 0.182. The molecule has 3 heteroatoms. The Balaban J connectivity index is 2.19. The molecule has 1 aromatic heterocycles. The smallest absolute Gasteiger partial charge is 0.143 e. The van der Waals surface area contributed by atoms with Crippen molar-refractivity contribution in [2.45, 2.75) is 13.5 Å². The van der Waals surface area contributed by atoms with Crippen LogP contribution < -0.4 is 5.32 Å². The number of carbonyl (C=O) groups excluding carboxylic acids is 1. The maximum Gasteiger partial charge on any atom is 0.143 e. The molecule has 0 radical (unpaired) electrons. The van der Waals surface area contributed by atoms with Crippen LogP contribution in [0.2, 0.25) is 0 Å². The molecule has 1 heterocycles. The highest BCUT2D eigenvalue weighted by Crippen LogP contribution is 2.06. The third-order valence-electron chi connectivity index (χ3n) is 1.25. The van der Waals surface area contributed by atoms with Crippen LogP contribution >= 0.6 is 11.3 Å². The van der Waals surface area contributed by atoms with Crippen molar-refractivity contribution in [2.24, 2.45) is 0 Å². The first kappa shape index (κ1) is 8.43. The lowest BCUT2D eigenvalue weighted by Gasteiger charge is -1.97. The van der Waals surface area contributed by atoms with E-state index in [9.17, 15) is 4.79 Å². The van der Waals surface area contributed by atoms with E-state index in [0.717, 1.165) is 6.54 Å². The SMILES string of the molecule is CC(=O)CNCc1cccs1. The summed E-state index contributed by atoms with van der Waals surface area (Å²) in [5.41, 5.74) is 0. The summed E-state index contributed by atoms with van der Waals surface area (Å²) in [4.78, 5) is 11.8. The van der Waals surface area contributed by atoms with E-state index in [2.05, 4.69) is 11.4 Å². The maximum atomic E-state index is 10.5. The van der Waals surface area contributed by atoms with E-state index in [-0.39, 0.29) is 5.78 Å². The number of ketones is 1. The highest BCUT2D eigenvalue weighted by Gasteiger charge is 1.93. The first-order chi connectivity index (χ1) is 5.29. The van der Waals surface area contributed by atoms with Crippen molar-refractivity contribution in [1.29, 1.82) is 0 Å². The zero-order valence-electron chi connectivity index (χ0n) is 6.46. The molecule has 0 aliphatic carbocycles. The molecule has 1 rings (SSSR count). The molecule has 0 aliphatic rings. The molecule has 0 unspecified atom stereocenters. The molecular formula is C8H11NOS. The lowest BCUT2D eigenvalue weighted by Crippen LogP contribution is -2.19. The molecule has 0 fully saturated rings. The molecule has 0 aliphatic heterocycles. The number of thiophene rings is 1. The summed E-state index contributed by atoms with van der Waals surface area (Å²) in [6, 6.07) is 4.06.